The van der Waals surface area contributed by atoms with Crippen molar-refractivity contribution in [2.24, 2.45) is 5.73 Å². The molecule has 0 fully saturated rings. The highest BCUT2D eigenvalue weighted by molar-refractivity contribution is 5.76. The smallest absolute Gasteiger partial charge is 0.320 e. The number of benzene rings is 1. The second-order valence-corrected chi connectivity index (χ2v) is 3.85. The lowest BCUT2D eigenvalue weighted by molar-refractivity contribution is -0.138. The number of carboxylic acids is 1. The molecule has 16 heavy (non-hydrogen) atoms. The molecule has 0 spiro atoms. The molecule has 1 heterocycles. The number of carbonyl (C=O) groups is 1. The van der Waals surface area contributed by atoms with Gasteiger partial charge < -0.3 is 15.8 Å². The van der Waals surface area contributed by atoms with Gasteiger partial charge in [0.2, 0.25) is 0 Å². The average Bonchev–Trinajstić information content (AvgIpc) is 2.58. The highest BCUT2D eigenvalue weighted by Crippen LogP contribution is 2.13. The van der Waals surface area contributed by atoms with E-state index in [1.54, 1.807) is 0 Å². The Bertz CT molecular complexity index is 533. The molecule has 2 rings (SSSR count). The lowest BCUT2D eigenvalue weighted by Crippen LogP contribution is -2.32. The summed E-state index contributed by atoms with van der Waals surface area (Å²) in [5, 5.41) is 8.70. The first kappa shape index (κ1) is 10.6. The maximum atomic E-state index is 10.6. The van der Waals surface area contributed by atoms with Crippen LogP contribution in [-0.4, -0.2) is 27.1 Å². The molecule has 1 aromatic carbocycles. The highest BCUT2D eigenvalue weighted by Gasteiger charge is 2.14. The number of hydrogen-bond donors (Lipinski definition) is 3. The number of aromatic amines is 1. The van der Waals surface area contributed by atoms with Crippen LogP contribution in [0.3, 0.4) is 0 Å². The van der Waals surface area contributed by atoms with E-state index in [0.717, 1.165) is 16.6 Å². The number of imidazole rings is 1. The fraction of sp³-hybridized carbons (Fsp3) is 0.273. The molecule has 1 unspecified atom stereocenters. The first-order chi connectivity index (χ1) is 7.56. The van der Waals surface area contributed by atoms with E-state index in [4.69, 9.17) is 10.8 Å². The van der Waals surface area contributed by atoms with Gasteiger partial charge in [-0.05, 0) is 24.6 Å². The van der Waals surface area contributed by atoms with Crippen molar-refractivity contribution >= 4 is 17.0 Å². The van der Waals surface area contributed by atoms with Crippen molar-refractivity contribution in [3.63, 3.8) is 0 Å². The summed E-state index contributed by atoms with van der Waals surface area (Å²) in [6.07, 6.45) is 0.211. The van der Waals surface area contributed by atoms with Crippen LogP contribution in [0.5, 0.6) is 0 Å². The van der Waals surface area contributed by atoms with Crippen molar-refractivity contribution in [2.75, 3.05) is 0 Å². The van der Waals surface area contributed by atoms with E-state index in [0.29, 0.717) is 5.82 Å². The second kappa shape index (κ2) is 3.94. The van der Waals surface area contributed by atoms with Gasteiger partial charge in [0.05, 0.1) is 11.0 Å². The number of carboxylic acid groups (broad SMARTS) is 1. The fourth-order valence-corrected chi connectivity index (χ4v) is 1.57. The van der Waals surface area contributed by atoms with Crippen LogP contribution < -0.4 is 5.73 Å². The number of H-pyrrole nitrogens is 1. The quantitative estimate of drug-likeness (QED) is 0.712. The molecule has 5 nitrogen and oxygen atoms in total. The van der Waals surface area contributed by atoms with Gasteiger partial charge in [-0.15, -0.1) is 0 Å². The molecule has 0 amide bonds. The molecule has 84 valence electrons. The van der Waals surface area contributed by atoms with E-state index < -0.39 is 12.0 Å². The number of hydrogen-bond acceptors (Lipinski definition) is 3. The minimum Gasteiger partial charge on any atom is -0.480 e. The summed E-state index contributed by atoms with van der Waals surface area (Å²) in [7, 11) is 0. The predicted octanol–water partition coefficient (Wildman–Crippen LogP) is 0.826. The summed E-state index contributed by atoms with van der Waals surface area (Å²) >= 11 is 0. The molecule has 0 bridgehead atoms. The van der Waals surface area contributed by atoms with Crippen LogP contribution in [-0.2, 0) is 11.2 Å². The third kappa shape index (κ3) is 2.04. The Kier molecular flexibility index (Phi) is 2.62. The topological polar surface area (TPSA) is 92.0 Å². The number of rotatable bonds is 3. The lowest BCUT2D eigenvalue weighted by Gasteiger charge is -2.01. The molecule has 2 aromatic rings. The maximum Gasteiger partial charge on any atom is 0.320 e. The first-order valence-electron chi connectivity index (χ1n) is 5.00. The predicted molar refractivity (Wildman–Crippen MR) is 60.1 cm³/mol. The standard InChI is InChI=1S/C11H13N3O2/c1-6-2-3-8-9(4-6)14-10(13-8)5-7(12)11(15)16/h2-4,7H,5,12H2,1H3,(H,13,14)(H,15,16). The van der Waals surface area contributed by atoms with Gasteiger partial charge in [0.1, 0.15) is 11.9 Å². The van der Waals surface area contributed by atoms with Crippen LogP contribution in [0.1, 0.15) is 11.4 Å². The molecule has 0 saturated heterocycles. The summed E-state index contributed by atoms with van der Waals surface area (Å²) in [6.45, 7) is 1.99. The van der Waals surface area contributed by atoms with Gasteiger partial charge in [-0.1, -0.05) is 6.07 Å². The number of aromatic nitrogens is 2. The van der Waals surface area contributed by atoms with Crippen molar-refractivity contribution in [1.82, 2.24) is 9.97 Å². The number of aryl methyl sites for hydroxylation is 1. The summed E-state index contributed by atoms with van der Waals surface area (Å²) in [5.74, 6) is -0.410. The van der Waals surface area contributed by atoms with E-state index in [1.807, 2.05) is 25.1 Å². The summed E-state index contributed by atoms with van der Waals surface area (Å²) in [5.41, 5.74) is 8.31. The highest BCUT2D eigenvalue weighted by atomic mass is 16.4. The number of nitrogens with one attached hydrogen (secondary N) is 1. The Balaban J connectivity index is 2.29. The van der Waals surface area contributed by atoms with E-state index in [2.05, 4.69) is 9.97 Å². The average molecular weight is 219 g/mol. The molecule has 5 heteroatoms. The Labute approximate surface area is 92.3 Å². The van der Waals surface area contributed by atoms with Crippen LogP contribution in [0.2, 0.25) is 0 Å². The second-order valence-electron chi connectivity index (χ2n) is 3.85. The van der Waals surface area contributed by atoms with E-state index in [9.17, 15) is 4.79 Å². The van der Waals surface area contributed by atoms with Gasteiger partial charge in [-0.25, -0.2) is 4.98 Å². The third-order valence-corrected chi connectivity index (χ3v) is 2.42. The molecular weight excluding hydrogens is 206 g/mol. The van der Waals surface area contributed by atoms with E-state index >= 15 is 0 Å². The van der Waals surface area contributed by atoms with Crippen LogP contribution in [0.25, 0.3) is 11.0 Å². The van der Waals surface area contributed by atoms with Crippen molar-refractivity contribution in [3.05, 3.63) is 29.6 Å². The van der Waals surface area contributed by atoms with Crippen molar-refractivity contribution in [2.45, 2.75) is 19.4 Å². The Morgan fingerprint density at radius 1 is 1.62 bits per heavy atom. The third-order valence-electron chi connectivity index (χ3n) is 2.42. The number of nitrogens with two attached hydrogens (primary N) is 1. The van der Waals surface area contributed by atoms with Gasteiger partial charge in [-0.3, -0.25) is 4.79 Å². The van der Waals surface area contributed by atoms with Crippen molar-refractivity contribution < 1.29 is 9.90 Å². The first-order valence-corrected chi connectivity index (χ1v) is 5.00. The summed E-state index contributed by atoms with van der Waals surface area (Å²) < 4.78 is 0. The SMILES string of the molecule is Cc1ccc2nc(CC(N)C(=O)O)[nH]c2c1. The Morgan fingerprint density at radius 2 is 2.38 bits per heavy atom. The van der Waals surface area contributed by atoms with Crippen LogP contribution >= 0.6 is 0 Å². The van der Waals surface area contributed by atoms with Gasteiger partial charge in [-0.2, -0.15) is 0 Å². The van der Waals surface area contributed by atoms with Gasteiger partial charge >= 0.3 is 5.97 Å². The zero-order valence-corrected chi connectivity index (χ0v) is 8.90. The summed E-state index contributed by atoms with van der Waals surface area (Å²) in [4.78, 5) is 18.0. The largest absolute Gasteiger partial charge is 0.480 e. The molecule has 0 aliphatic carbocycles. The minimum absolute atomic E-state index is 0.211. The minimum atomic E-state index is -1.02. The Morgan fingerprint density at radius 3 is 3.06 bits per heavy atom. The molecule has 1 atom stereocenters. The van der Waals surface area contributed by atoms with E-state index in [-0.39, 0.29) is 6.42 Å². The van der Waals surface area contributed by atoms with Gasteiger partial charge in [0.15, 0.2) is 0 Å². The number of fused-ring (bicyclic) bond motifs is 1. The van der Waals surface area contributed by atoms with Gasteiger partial charge in [0, 0.05) is 6.42 Å². The fourth-order valence-electron chi connectivity index (χ4n) is 1.57. The zero-order chi connectivity index (χ0) is 11.7. The molecule has 4 N–H and O–H groups in total. The summed E-state index contributed by atoms with van der Waals surface area (Å²) in [6, 6.07) is 4.92. The number of aliphatic carboxylic acids is 1. The molecule has 0 aliphatic rings. The van der Waals surface area contributed by atoms with Crippen LogP contribution in [0.15, 0.2) is 18.2 Å². The molecule has 0 aliphatic heterocycles. The van der Waals surface area contributed by atoms with Crippen molar-refractivity contribution in [1.29, 1.82) is 0 Å². The molecular formula is C11H13N3O2. The molecule has 0 radical (unpaired) electrons. The van der Waals surface area contributed by atoms with Crippen LogP contribution in [0.4, 0.5) is 0 Å². The number of nitrogens with zero attached hydrogens (tertiary/aromatic N) is 1. The monoisotopic (exact) mass is 219 g/mol. The van der Waals surface area contributed by atoms with Crippen LogP contribution in [0, 0.1) is 6.92 Å². The lowest BCUT2D eigenvalue weighted by atomic mass is 10.2. The molecule has 1 aromatic heterocycles. The zero-order valence-electron chi connectivity index (χ0n) is 8.90. The Hall–Kier alpha value is -1.88. The van der Waals surface area contributed by atoms with E-state index in [1.165, 1.54) is 0 Å². The molecule has 0 saturated carbocycles. The van der Waals surface area contributed by atoms with Gasteiger partial charge in [0.25, 0.3) is 0 Å². The normalized spacial score (nSPS) is 12.9. The van der Waals surface area contributed by atoms with Crippen molar-refractivity contribution in [3.8, 4) is 0 Å². The maximum absolute atomic E-state index is 10.6.